The molecule has 3 aromatic carbocycles. The second-order valence-corrected chi connectivity index (χ2v) is 10.2. The molecule has 4 aromatic rings. The van der Waals surface area contributed by atoms with Crippen LogP contribution in [0.1, 0.15) is 15.9 Å². The average molecular weight is 568 g/mol. The number of benzene rings is 3. The topological polar surface area (TPSA) is 94.6 Å². The SMILES string of the molecule is O=C(Nc1ccc(C(F)(F)F)cc1)N1CCN(C(=O)c2ccc(NS(=O)c3cccc4cccnc34)cc2)CC1. The predicted octanol–water partition coefficient (Wildman–Crippen LogP) is 5.38. The van der Waals surface area contributed by atoms with Crippen molar-refractivity contribution >= 4 is 45.2 Å². The first-order valence-electron chi connectivity index (χ1n) is 12.3. The highest BCUT2D eigenvalue weighted by Crippen LogP contribution is 2.30. The maximum Gasteiger partial charge on any atom is 0.416 e. The Balaban J connectivity index is 1.14. The van der Waals surface area contributed by atoms with E-state index in [9.17, 15) is 27.0 Å². The van der Waals surface area contributed by atoms with E-state index in [-0.39, 0.29) is 24.7 Å². The second-order valence-electron chi connectivity index (χ2n) is 9.06. The van der Waals surface area contributed by atoms with Gasteiger partial charge in [0.1, 0.15) is 0 Å². The van der Waals surface area contributed by atoms with E-state index in [1.807, 2.05) is 24.3 Å². The molecule has 0 bridgehead atoms. The summed E-state index contributed by atoms with van der Waals surface area (Å²) in [5.41, 5.74) is 1.13. The Morgan fingerprint density at radius 3 is 2.10 bits per heavy atom. The molecule has 5 rings (SSSR count). The molecule has 0 radical (unpaired) electrons. The first-order chi connectivity index (χ1) is 19.2. The highest BCUT2D eigenvalue weighted by molar-refractivity contribution is 7.86. The molecule has 1 aliphatic heterocycles. The number of halogens is 3. The van der Waals surface area contributed by atoms with Crippen LogP contribution in [0.25, 0.3) is 10.9 Å². The fraction of sp³-hybridized carbons (Fsp3) is 0.179. The van der Waals surface area contributed by atoms with Crippen molar-refractivity contribution in [2.45, 2.75) is 11.1 Å². The van der Waals surface area contributed by atoms with E-state index < -0.39 is 28.8 Å². The van der Waals surface area contributed by atoms with Crippen molar-refractivity contribution in [2.24, 2.45) is 0 Å². The average Bonchev–Trinajstić information content (AvgIpc) is 2.96. The number of nitrogens with one attached hydrogen (secondary N) is 2. The van der Waals surface area contributed by atoms with Gasteiger partial charge in [0.2, 0.25) is 0 Å². The first-order valence-corrected chi connectivity index (χ1v) is 13.5. The van der Waals surface area contributed by atoms with Crippen molar-refractivity contribution in [3.63, 3.8) is 0 Å². The molecule has 1 aromatic heterocycles. The highest BCUT2D eigenvalue weighted by atomic mass is 32.2. The fourth-order valence-electron chi connectivity index (χ4n) is 4.31. The number of amides is 3. The lowest BCUT2D eigenvalue weighted by molar-refractivity contribution is -0.137. The zero-order chi connectivity index (χ0) is 28.3. The highest BCUT2D eigenvalue weighted by Gasteiger charge is 2.30. The zero-order valence-electron chi connectivity index (χ0n) is 21.0. The molecule has 3 amide bonds. The molecule has 206 valence electrons. The number of urea groups is 1. The predicted molar refractivity (Wildman–Crippen MR) is 146 cm³/mol. The zero-order valence-corrected chi connectivity index (χ0v) is 21.8. The van der Waals surface area contributed by atoms with E-state index in [2.05, 4.69) is 15.0 Å². The summed E-state index contributed by atoms with van der Waals surface area (Å²) < 4.78 is 54.1. The molecule has 1 fully saturated rings. The molecule has 2 N–H and O–H groups in total. The van der Waals surface area contributed by atoms with Gasteiger partial charge in [-0.3, -0.25) is 9.78 Å². The van der Waals surface area contributed by atoms with E-state index in [0.717, 1.165) is 17.5 Å². The van der Waals surface area contributed by atoms with E-state index in [0.29, 0.717) is 34.8 Å². The Morgan fingerprint density at radius 2 is 1.43 bits per heavy atom. The number of hydrogen-bond donors (Lipinski definition) is 2. The van der Waals surface area contributed by atoms with Crippen molar-refractivity contribution in [1.29, 1.82) is 0 Å². The molecule has 0 spiro atoms. The molecule has 1 saturated heterocycles. The number of carbonyl (C=O) groups is 2. The standard InChI is InChI=1S/C28H24F3N5O3S/c29-28(30,31)21-8-12-22(13-9-21)33-27(38)36-17-15-35(16-18-36)26(37)20-6-10-23(11-7-20)34-40(39)24-5-1-3-19-4-2-14-32-25(19)24/h1-14,34H,15-18H2,(H,33,38). The van der Waals surface area contributed by atoms with Gasteiger partial charge in [-0.1, -0.05) is 18.2 Å². The third-order valence-electron chi connectivity index (χ3n) is 6.46. The number of carbonyl (C=O) groups excluding carboxylic acids is 2. The van der Waals surface area contributed by atoms with E-state index >= 15 is 0 Å². The number of nitrogens with zero attached hydrogens (tertiary/aromatic N) is 3. The number of para-hydroxylation sites is 1. The minimum Gasteiger partial charge on any atom is -0.335 e. The van der Waals surface area contributed by atoms with Crippen molar-refractivity contribution in [3.8, 4) is 0 Å². The van der Waals surface area contributed by atoms with Crippen LogP contribution in [0.5, 0.6) is 0 Å². The van der Waals surface area contributed by atoms with Gasteiger partial charge in [0.25, 0.3) is 5.91 Å². The summed E-state index contributed by atoms with van der Waals surface area (Å²) in [6.45, 7) is 1.15. The van der Waals surface area contributed by atoms with Crippen LogP contribution in [0.2, 0.25) is 0 Å². The number of anilines is 2. The van der Waals surface area contributed by atoms with Crippen molar-refractivity contribution in [2.75, 3.05) is 36.2 Å². The summed E-state index contributed by atoms with van der Waals surface area (Å²) in [5.74, 6) is -0.200. The Hall–Kier alpha value is -4.45. The quantitative estimate of drug-likeness (QED) is 0.339. The van der Waals surface area contributed by atoms with Gasteiger partial charge in [0.05, 0.1) is 16.0 Å². The summed E-state index contributed by atoms with van der Waals surface area (Å²) >= 11 is 0. The van der Waals surface area contributed by atoms with E-state index in [1.54, 1.807) is 41.4 Å². The number of rotatable bonds is 5. The monoisotopic (exact) mass is 567 g/mol. The van der Waals surface area contributed by atoms with Crippen molar-refractivity contribution < 1.29 is 27.0 Å². The Kier molecular flexibility index (Phi) is 7.69. The van der Waals surface area contributed by atoms with Crippen molar-refractivity contribution in [1.82, 2.24) is 14.8 Å². The summed E-state index contributed by atoms with van der Waals surface area (Å²) in [4.78, 5) is 33.6. The first kappa shape index (κ1) is 27.1. The molecule has 0 aliphatic carbocycles. The Morgan fingerprint density at radius 1 is 0.800 bits per heavy atom. The van der Waals surface area contributed by atoms with Gasteiger partial charge in [0.15, 0.2) is 11.0 Å². The summed E-state index contributed by atoms with van der Waals surface area (Å²) in [6.07, 6.45) is -2.80. The van der Waals surface area contributed by atoms with Gasteiger partial charge < -0.3 is 19.8 Å². The normalized spacial score (nSPS) is 14.6. The lowest BCUT2D eigenvalue weighted by Gasteiger charge is -2.34. The third kappa shape index (κ3) is 6.07. The van der Waals surface area contributed by atoms with Crippen LogP contribution in [0.15, 0.2) is 90.0 Å². The Bertz CT molecular complexity index is 1550. The smallest absolute Gasteiger partial charge is 0.335 e. The molecule has 1 atom stereocenters. The number of piperazine rings is 1. The molecule has 40 heavy (non-hydrogen) atoms. The molecule has 1 unspecified atom stereocenters. The van der Waals surface area contributed by atoms with Gasteiger partial charge in [-0.05, 0) is 60.7 Å². The van der Waals surface area contributed by atoms with Crippen LogP contribution in [-0.2, 0) is 17.2 Å². The molecule has 0 saturated carbocycles. The molecule has 12 heteroatoms. The summed E-state index contributed by atoms with van der Waals surface area (Å²) in [7, 11) is -1.56. The van der Waals surface area contributed by atoms with Gasteiger partial charge in [0, 0.05) is 54.7 Å². The second kappa shape index (κ2) is 11.3. The number of fused-ring (bicyclic) bond motifs is 1. The lowest BCUT2D eigenvalue weighted by atomic mass is 10.1. The molecular formula is C28H24F3N5O3S. The minimum absolute atomic E-state index is 0.200. The number of alkyl halides is 3. The number of pyridine rings is 1. The van der Waals surface area contributed by atoms with E-state index in [4.69, 9.17) is 0 Å². The summed E-state index contributed by atoms with van der Waals surface area (Å²) in [6, 6.07) is 19.6. The van der Waals surface area contributed by atoms with Crippen LogP contribution in [0, 0.1) is 0 Å². The van der Waals surface area contributed by atoms with Gasteiger partial charge in [-0.25, -0.2) is 9.00 Å². The molecule has 1 aliphatic rings. The number of hydrogen-bond acceptors (Lipinski definition) is 4. The van der Waals surface area contributed by atoms with Crippen LogP contribution < -0.4 is 10.0 Å². The van der Waals surface area contributed by atoms with Crippen LogP contribution in [0.4, 0.5) is 29.3 Å². The van der Waals surface area contributed by atoms with Crippen LogP contribution in [-0.4, -0.2) is 57.1 Å². The minimum atomic E-state index is -4.45. The third-order valence-corrected chi connectivity index (χ3v) is 7.61. The maximum atomic E-state index is 13.0. The van der Waals surface area contributed by atoms with Crippen molar-refractivity contribution in [3.05, 3.63) is 96.2 Å². The van der Waals surface area contributed by atoms with Gasteiger partial charge in [-0.2, -0.15) is 13.2 Å². The molecule has 8 nitrogen and oxygen atoms in total. The maximum absolute atomic E-state index is 13.0. The van der Waals surface area contributed by atoms with Crippen LogP contribution in [0.3, 0.4) is 0 Å². The lowest BCUT2D eigenvalue weighted by Crippen LogP contribution is -2.51. The molecule has 2 heterocycles. The Labute approximate surface area is 230 Å². The van der Waals surface area contributed by atoms with Crippen LogP contribution >= 0.6 is 0 Å². The fourth-order valence-corrected chi connectivity index (χ4v) is 5.32. The van der Waals surface area contributed by atoms with Gasteiger partial charge >= 0.3 is 12.2 Å². The van der Waals surface area contributed by atoms with Gasteiger partial charge in [-0.15, -0.1) is 0 Å². The van der Waals surface area contributed by atoms with E-state index in [1.165, 1.54) is 17.0 Å². The summed E-state index contributed by atoms with van der Waals surface area (Å²) in [5, 5.41) is 3.47. The molecular weight excluding hydrogens is 543 g/mol. The largest absolute Gasteiger partial charge is 0.416 e. The number of aromatic nitrogens is 1.